The third kappa shape index (κ3) is 4.94. The fourth-order valence-electron chi connectivity index (χ4n) is 3.43. The summed E-state index contributed by atoms with van der Waals surface area (Å²) >= 11 is 1.25. The summed E-state index contributed by atoms with van der Waals surface area (Å²) in [6, 6.07) is 14.4. The van der Waals surface area contributed by atoms with E-state index in [0.717, 1.165) is 5.76 Å². The van der Waals surface area contributed by atoms with E-state index in [2.05, 4.69) is 19.9 Å². The maximum Gasteiger partial charge on any atom is 0.239 e. The molecule has 0 aliphatic rings. The number of nitriles is 1. The number of furan rings is 1. The Balaban J connectivity index is 1.68. The van der Waals surface area contributed by atoms with Crippen LogP contribution in [0.15, 0.2) is 53.1 Å². The molecule has 0 radical (unpaired) electrons. The maximum atomic E-state index is 10.8. The second kappa shape index (κ2) is 10.5. The number of aliphatic hydroxyl groups excluding tert-OH is 1. The van der Waals surface area contributed by atoms with Crippen molar-refractivity contribution in [3.63, 3.8) is 0 Å². The molecule has 11 heteroatoms. The Morgan fingerprint density at radius 3 is 2.43 bits per heavy atom. The molecule has 3 heterocycles. The van der Waals surface area contributed by atoms with Crippen LogP contribution in [0.25, 0.3) is 17.3 Å². The monoisotopic (exact) mass is 492 g/mol. The van der Waals surface area contributed by atoms with Gasteiger partial charge in [-0.1, -0.05) is 6.07 Å². The number of ether oxygens (including phenoxy) is 2. The average Bonchev–Trinajstić information content (AvgIpc) is 3.51. The molecule has 2 unspecified atom stereocenters. The first-order chi connectivity index (χ1) is 17.0. The van der Waals surface area contributed by atoms with Crippen LogP contribution in [0.2, 0.25) is 0 Å². The molecular weight excluding hydrogens is 468 g/mol. The van der Waals surface area contributed by atoms with Gasteiger partial charge in [0, 0.05) is 6.20 Å². The molecule has 0 saturated carbocycles. The van der Waals surface area contributed by atoms with E-state index in [0.29, 0.717) is 46.0 Å². The van der Waals surface area contributed by atoms with Crippen LogP contribution in [0.4, 0.5) is 5.95 Å². The van der Waals surface area contributed by atoms with Crippen molar-refractivity contribution in [1.82, 2.24) is 19.7 Å². The molecule has 0 fully saturated rings. The summed E-state index contributed by atoms with van der Waals surface area (Å²) in [6.45, 7) is 3.70. The molecule has 3 aromatic heterocycles. The van der Waals surface area contributed by atoms with Crippen molar-refractivity contribution in [2.75, 3.05) is 18.9 Å². The van der Waals surface area contributed by atoms with Crippen LogP contribution in [-0.4, -0.2) is 44.3 Å². The summed E-state index contributed by atoms with van der Waals surface area (Å²) in [5, 5.41) is 28.1. The predicted molar refractivity (Wildman–Crippen MR) is 131 cm³/mol. The lowest BCUT2D eigenvalue weighted by Crippen LogP contribution is -2.16. The van der Waals surface area contributed by atoms with Crippen molar-refractivity contribution in [2.45, 2.75) is 25.2 Å². The van der Waals surface area contributed by atoms with Gasteiger partial charge in [-0.2, -0.15) is 5.26 Å². The lowest BCUT2D eigenvalue weighted by atomic mass is 10.1. The number of hydrogen-bond acceptors (Lipinski definition) is 10. The van der Waals surface area contributed by atoms with Gasteiger partial charge in [0.25, 0.3) is 0 Å². The summed E-state index contributed by atoms with van der Waals surface area (Å²) in [6.07, 6.45) is 0.551. The van der Waals surface area contributed by atoms with Gasteiger partial charge in [-0.15, -0.1) is 10.2 Å². The molecular formula is C24H24N6O4S. The molecule has 4 rings (SSSR count). The van der Waals surface area contributed by atoms with E-state index >= 15 is 0 Å². The first kappa shape index (κ1) is 24.1. The number of methoxy groups -OCH3 is 2. The number of aromatic nitrogens is 4. The maximum absolute atomic E-state index is 10.8. The Morgan fingerprint density at radius 2 is 1.86 bits per heavy atom. The van der Waals surface area contributed by atoms with E-state index < -0.39 is 6.10 Å². The molecule has 2 N–H and O–H groups in total. The molecule has 4 aromatic rings. The van der Waals surface area contributed by atoms with E-state index in [1.807, 2.05) is 50.2 Å². The standard InChI is InChI=1S/C24H24N6O4S/c1-14-8-11-20(34-14)23-27-28-24(30(23)21-18(32-3)6-5-7-19(21)33-4)29-35-15(2)22(31)17-10-9-16(12-25)13-26-17/h5-11,13,15,22,31H,1-4H3,(H,28,29). The third-order valence-corrected chi connectivity index (χ3v) is 6.18. The zero-order chi connectivity index (χ0) is 24.9. The normalized spacial score (nSPS) is 12.6. The zero-order valence-corrected chi connectivity index (χ0v) is 20.4. The number of pyridine rings is 1. The summed E-state index contributed by atoms with van der Waals surface area (Å²) in [5.41, 5.74) is 1.49. The minimum absolute atomic E-state index is 0.325. The summed E-state index contributed by atoms with van der Waals surface area (Å²) in [7, 11) is 3.15. The number of hydrogen-bond donors (Lipinski definition) is 2. The predicted octanol–water partition coefficient (Wildman–Crippen LogP) is 4.30. The molecule has 1 aromatic carbocycles. The summed E-state index contributed by atoms with van der Waals surface area (Å²) in [5.74, 6) is 3.20. The summed E-state index contributed by atoms with van der Waals surface area (Å²) < 4.78 is 22.0. The van der Waals surface area contributed by atoms with Gasteiger partial charge >= 0.3 is 0 Å². The number of para-hydroxylation sites is 1. The van der Waals surface area contributed by atoms with E-state index in [4.69, 9.17) is 19.2 Å². The molecule has 0 saturated heterocycles. The second-order valence-corrected chi connectivity index (χ2v) is 8.74. The highest BCUT2D eigenvalue weighted by Crippen LogP contribution is 2.38. The van der Waals surface area contributed by atoms with Crippen molar-refractivity contribution < 1.29 is 19.0 Å². The Labute approximate surface area is 206 Å². The molecule has 0 aliphatic heterocycles. The van der Waals surface area contributed by atoms with Crippen LogP contribution in [0.1, 0.15) is 30.0 Å². The molecule has 0 aliphatic carbocycles. The number of benzene rings is 1. The fourth-order valence-corrected chi connectivity index (χ4v) is 4.12. The van der Waals surface area contributed by atoms with Gasteiger partial charge in [0.2, 0.25) is 11.8 Å². The lowest BCUT2D eigenvalue weighted by Gasteiger charge is -2.20. The molecule has 0 amide bonds. The number of aryl methyl sites for hydroxylation is 1. The number of rotatable bonds is 9. The number of aliphatic hydroxyl groups is 1. The highest BCUT2D eigenvalue weighted by molar-refractivity contribution is 8.01. The SMILES string of the molecule is COc1cccc(OC)c1-n1c(NSC(C)C(O)c2ccc(C#N)cn2)nnc1-c1ccc(C)o1. The van der Waals surface area contributed by atoms with Crippen LogP contribution in [-0.2, 0) is 0 Å². The van der Waals surface area contributed by atoms with Crippen LogP contribution in [0.3, 0.4) is 0 Å². The molecule has 180 valence electrons. The first-order valence-electron chi connectivity index (χ1n) is 10.7. The van der Waals surface area contributed by atoms with E-state index in [9.17, 15) is 5.11 Å². The third-order valence-electron chi connectivity index (χ3n) is 5.25. The smallest absolute Gasteiger partial charge is 0.239 e. The zero-order valence-electron chi connectivity index (χ0n) is 19.6. The molecule has 2 atom stereocenters. The minimum atomic E-state index is -0.885. The van der Waals surface area contributed by atoms with Crippen molar-refractivity contribution in [3.05, 3.63) is 65.7 Å². The van der Waals surface area contributed by atoms with Gasteiger partial charge in [0.05, 0.1) is 30.7 Å². The van der Waals surface area contributed by atoms with Gasteiger partial charge < -0.3 is 19.0 Å². The fraction of sp³-hybridized carbons (Fsp3) is 0.250. The molecule has 0 spiro atoms. The van der Waals surface area contributed by atoms with E-state index in [-0.39, 0.29) is 5.25 Å². The van der Waals surface area contributed by atoms with Crippen LogP contribution in [0, 0.1) is 18.3 Å². The Morgan fingerprint density at radius 1 is 1.11 bits per heavy atom. The van der Waals surface area contributed by atoms with Crippen LogP contribution < -0.4 is 14.2 Å². The average molecular weight is 493 g/mol. The largest absolute Gasteiger partial charge is 0.494 e. The quantitative estimate of drug-likeness (QED) is 0.326. The summed E-state index contributed by atoms with van der Waals surface area (Å²) in [4.78, 5) is 4.19. The van der Waals surface area contributed by atoms with Crippen LogP contribution >= 0.6 is 11.9 Å². The first-order valence-corrected chi connectivity index (χ1v) is 11.5. The van der Waals surface area contributed by atoms with Gasteiger partial charge in [0.1, 0.15) is 35.1 Å². The minimum Gasteiger partial charge on any atom is -0.494 e. The van der Waals surface area contributed by atoms with Crippen molar-refractivity contribution >= 4 is 17.9 Å². The Bertz CT molecular complexity index is 1320. The van der Waals surface area contributed by atoms with Gasteiger partial charge in [-0.25, -0.2) is 0 Å². The Kier molecular flexibility index (Phi) is 7.24. The van der Waals surface area contributed by atoms with E-state index in [1.54, 1.807) is 30.9 Å². The number of nitrogens with zero attached hydrogens (tertiary/aromatic N) is 5. The van der Waals surface area contributed by atoms with Gasteiger partial charge in [-0.05, 0) is 62.2 Å². The van der Waals surface area contributed by atoms with Crippen molar-refractivity contribution in [3.8, 4) is 34.8 Å². The van der Waals surface area contributed by atoms with Crippen molar-refractivity contribution in [2.24, 2.45) is 0 Å². The second-order valence-electron chi connectivity index (χ2n) is 7.56. The number of anilines is 1. The van der Waals surface area contributed by atoms with Gasteiger partial charge in [0.15, 0.2) is 5.76 Å². The lowest BCUT2D eigenvalue weighted by molar-refractivity contribution is 0.175. The van der Waals surface area contributed by atoms with Crippen molar-refractivity contribution in [1.29, 1.82) is 5.26 Å². The van der Waals surface area contributed by atoms with Gasteiger partial charge in [-0.3, -0.25) is 14.3 Å². The topological polar surface area (TPSA) is 131 Å². The molecule has 0 bridgehead atoms. The van der Waals surface area contributed by atoms with E-state index in [1.165, 1.54) is 18.1 Å². The Hall–Kier alpha value is -4.01. The highest BCUT2D eigenvalue weighted by atomic mass is 32.2. The molecule has 35 heavy (non-hydrogen) atoms. The molecule has 10 nitrogen and oxygen atoms in total. The number of nitrogens with one attached hydrogen (secondary N) is 1. The van der Waals surface area contributed by atoms with Crippen LogP contribution in [0.5, 0.6) is 11.5 Å². The highest BCUT2D eigenvalue weighted by Gasteiger charge is 2.25.